The second kappa shape index (κ2) is 3.18. The lowest BCUT2D eigenvalue weighted by Gasteiger charge is -2.01. The number of nitrogens with zero attached hydrogens (tertiary/aromatic N) is 2. The van der Waals surface area contributed by atoms with Crippen molar-refractivity contribution in [3.63, 3.8) is 0 Å². The number of hydrogen-bond acceptors (Lipinski definition) is 3. The van der Waals surface area contributed by atoms with Crippen LogP contribution >= 0.6 is 11.6 Å². The van der Waals surface area contributed by atoms with Crippen molar-refractivity contribution >= 4 is 28.2 Å². The first-order chi connectivity index (χ1) is 6.31. The van der Waals surface area contributed by atoms with Crippen molar-refractivity contribution in [3.05, 3.63) is 29.7 Å². The minimum atomic E-state index is 0.493. The molecule has 0 spiro atoms. The highest BCUT2D eigenvalue weighted by Gasteiger charge is 2.00. The number of fused-ring (bicyclic) bond motifs is 1. The van der Waals surface area contributed by atoms with Gasteiger partial charge in [0.25, 0.3) is 0 Å². The standard InChI is InChI=1S/C9H8ClN3/c1-11-8-4-6-2-3-12-9(10)7(6)5-13-8/h2-5H,1H3,(H,11,13). The molecule has 0 atom stereocenters. The lowest BCUT2D eigenvalue weighted by atomic mass is 10.2. The molecule has 2 aromatic rings. The summed E-state index contributed by atoms with van der Waals surface area (Å²) in [6.45, 7) is 0. The van der Waals surface area contributed by atoms with Crippen LogP contribution in [-0.2, 0) is 0 Å². The molecule has 0 aliphatic rings. The Labute approximate surface area is 80.8 Å². The Kier molecular flexibility index (Phi) is 2.02. The maximum atomic E-state index is 5.88. The number of hydrogen-bond donors (Lipinski definition) is 1. The molecule has 0 saturated carbocycles. The summed E-state index contributed by atoms with van der Waals surface area (Å²) >= 11 is 5.88. The van der Waals surface area contributed by atoms with Crippen molar-refractivity contribution in [2.24, 2.45) is 0 Å². The van der Waals surface area contributed by atoms with Gasteiger partial charge in [-0.25, -0.2) is 9.97 Å². The number of pyridine rings is 2. The van der Waals surface area contributed by atoms with Gasteiger partial charge in [0, 0.05) is 24.8 Å². The van der Waals surface area contributed by atoms with Gasteiger partial charge >= 0.3 is 0 Å². The quantitative estimate of drug-likeness (QED) is 0.707. The van der Waals surface area contributed by atoms with Gasteiger partial charge in [-0.15, -0.1) is 0 Å². The van der Waals surface area contributed by atoms with Crippen molar-refractivity contribution < 1.29 is 0 Å². The Bertz CT molecular complexity index is 442. The first kappa shape index (κ1) is 8.26. The van der Waals surface area contributed by atoms with Gasteiger partial charge in [-0.3, -0.25) is 0 Å². The van der Waals surface area contributed by atoms with Crippen molar-refractivity contribution in [2.75, 3.05) is 12.4 Å². The minimum absolute atomic E-state index is 0.493. The molecular weight excluding hydrogens is 186 g/mol. The topological polar surface area (TPSA) is 37.8 Å². The molecule has 66 valence electrons. The Morgan fingerprint density at radius 3 is 3.00 bits per heavy atom. The van der Waals surface area contributed by atoms with Crippen LogP contribution in [0.15, 0.2) is 24.5 Å². The van der Waals surface area contributed by atoms with Crippen LogP contribution in [0.25, 0.3) is 10.8 Å². The van der Waals surface area contributed by atoms with E-state index in [1.807, 2.05) is 19.2 Å². The summed E-state index contributed by atoms with van der Waals surface area (Å²) in [6.07, 6.45) is 3.40. The molecule has 2 aromatic heterocycles. The zero-order valence-electron chi connectivity index (χ0n) is 7.08. The smallest absolute Gasteiger partial charge is 0.138 e. The monoisotopic (exact) mass is 193 g/mol. The van der Waals surface area contributed by atoms with E-state index in [0.717, 1.165) is 16.6 Å². The average Bonchev–Trinajstić information content (AvgIpc) is 2.18. The van der Waals surface area contributed by atoms with Gasteiger partial charge in [0.15, 0.2) is 0 Å². The SMILES string of the molecule is CNc1cc2ccnc(Cl)c2cn1. The predicted octanol–water partition coefficient (Wildman–Crippen LogP) is 2.32. The fourth-order valence-electron chi connectivity index (χ4n) is 1.17. The summed E-state index contributed by atoms with van der Waals surface area (Å²) < 4.78 is 0. The molecule has 0 bridgehead atoms. The van der Waals surface area contributed by atoms with Crippen LogP contribution in [0.1, 0.15) is 0 Å². The molecule has 0 unspecified atom stereocenters. The molecule has 0 aromatic carbocycles. The van der Waals surface area contributed by atoms with Crippen molar-refractivity contribution in [1.82, 2.24) is 9.97 Å². The molecule has 2 heterocycles. The number of nitrogens with one attached hydrogen (secondary N) is 1. The molecule has 2 rings (SSSR count). The van der Waals surface area contributed by atoms with Gasteiger partial charge in [-0.05, 0) is 17.5 Å². The highest BCUT2D eigenvalue weighted by molar-refractivity contribution is 6.34. The largest absolute Gasteiger partial charge is 0.373 e. The van der Waals surface area contributed by atoms with Crippen LogP contribution in [0.2, 0.25) is 5.15 Å². The van der Waals surface area contributed by atoms with E-state index in [0.29, 0.717) is 5.15 Å². The van der Waals surface area contributed by atoms with Crippen LogP contribution in [0, 0.1) is 0 Å². The summed E-state index contributed by atoms with van der Waals surface area (Å²) in [6, 6.07) is 3.84. The highest BCUT2D eigenvalue weighted by atomic mass is 35.5. The first-order valence-corrected chi connectivity index (χ1v) is 4.27. The third-order valence-corrected chi connectivity index (χ3v) is 2.16. The third kappa shape index (κ3) is 1.42. The minimum Gasteiger partial charge on any atom is -0.373 e. The first-order valence-electron chi connectivity index (χ1n) is 3.89. The molecule has 0 saturated heterocycles. The molecule has 4 heteroatoms. The number of halogens is 1. The Balaban J connectivity index is 2.72. The predicted molar refractivity (Wildman–Crippen MR) is 54.1 cm³/mol. The Morgan fingerprint density at radius 2 is 2.23 bits per heavy atom. The molecule has 0 aliphatic carbocycles. The summed E-state index contributed by atoms with van der Waals surface area (Å²) in [7, 11) is 1.83. The summed E-state index contributed by atoms with van der Waals surface area (Å²) in [5.74, 6) is 0.828. The van der Waals surface area contributed by atoms with Crippen molar-refractivity contribution in [3.8, 4) is 0 Å². The van der Waals surface area contributed by atoms with E-state index >= 15 is 0 Å². The van der Waals surface area contributed by atoms with Gasteiger partial charge in [0.2, 0.25) is 0 Å². The Morgan fingerprint density at radius 1 is 1.38 bits per heavy atom. The number of aromatic nitrogens is 2. The molecule has 0 amide bonds. The summed E-state index contributed by atoms with van der Waals surface area (Å²) in [5, 5.41) is 5.38. The molecule has 0 fully saturated rings. The van der Waals surface area contributed by atoms with Crippen LogP contribution < -0.4 is 5.32 Å². The summed E-state index contributed by atoms with van der Waals surface area (Å²) in [5.41, 5.74) is 0. The van der Waals surface area contributed by atoms with E-state index in [-0.39, 0.29) is 0 Å². The van der Waals surface area contributed by atoms with Gasteiger partial charge < -0.3 is 5.32 Å². The lowest BCUT2D eigenvalue weighted by molar-refractivity contribution is 1.29. The molecular formula is C9H8ClN3. The zero-order valence-corrected chi connectivity index (χ0v) is 7.84. The van der Waals surface area contributed by atoms with E-state index in [4.69, 9.17) is 11.6 Å². The molecule has 3 nitrogen and oxygen atoms in total. The van der Waals surface area contributed by atoms with E-state index in [9.17, 15) is 0 Å². The average molecular weight is 194 g/mol. The van der Waals surface area contributed by atoms with E-state index in [2.05, 4.69) is 15.3 Å². The van der Waals surface area contributed by atoms with E-state index in [1.54, 1.807) is 12.4 Å². The normalized spacial score (nSPS) is 10.3. The fourth-order valence-corrected chi connectivity index (χ4v) is 1.38. The Hall–Kier alpha value is -1.35. The van der Waals surface area contributed by atoms with Crippen LogP contribution in [0.4, 0.5) is 5.82 Å². The third-order valence-electron chi connectivity index (χ3n) is 1.86. The van der Waals surface area contributed by atoms with Crippen molar-refractivity contribution in [1.29, 1.82) is 0 Å². The highest BCUT2D eigenvalue weighted by Crippen LogP contribution is 2.21. The molecule has 0 radical (unpaired) electrons. The number of rotatable bonds is 1. The van der Waals surface area contributed by atoms with Gasteiger partial charge in [0.05, 0.1) is 0 Å². The van der Waals surface area contributed by atoms with Crippen molar-refractivity contribution in [2.45, 2.75) is 0 Å². The molecule has 0 aliphatic heterocycles. The number of anilines is 1. The summed E-state index contributed by atoms with van der Waals surface area (Å²) in [4.78, 5) is 8.12. The molecule has 1 N–H and O–H groups in total. The van der Waals surface area contributed by atoms with Gasteiger partial charge in [-0.2, -0.15) is 0 Å². The van der Waals surface area contributed by atoms with Crippen LogP contribution in [0.3, 0.4) is 0 Å². The fraction of sp³-hybridized carbons (Fsp3) is 0.111. The van der Waals surface area contributed by atoms with Gasteiger partial charge in [0.1, 0.15) is 11.0 Å². The second-order valence-electron chi connectivity index (χ2n) is 2.64. The molecule has 13 heavy (non-hydrogen) atoms. The lowest BCUT2D eigenvalue weighted by Crippen LogP contribution is -1.91. The second-order valence-corrected chi connectivity index (χ2v) is 3.00. The van der Waals surface area contributed by atoms with Crippen LogP contribution in [-0.4, -0.2) is 17.0 Å². The van der Waals surface area contributed by atoms with E-state index < -0.39 is 0 Å². The zero-order chi connectivity index (χ0) is 9.26. The van der Waals surface area contributed by atoms with E-state index in [1.165, 1.54) is 0 Å². The maximum Gasteiger partial charge on any atom is 0.138 e. The van der Waals surface area contributed by atoms with Gasteiger partial charge in [-0.1, -0.05) is 11.6 Å². The van der Waals surface area contributed by atoms with Crippen LogP contribution in [0.5, 0.6) is 0 Å². The maximum absolute atomic E-state index is 5.88.